The van der Waals surface area contributed by atoms with Crippen molar-refractivity contribution in [3.05, 3.63) is 30.1 Å². The molecule has 0 aromatic carbocycles. The summed E-state index contributed by atoms with van der Waals surface area (Å²) in [5.74, 6) is 0.0409. The fourth-order valence-electron chi connectivity index (χ4n) is 2.10. The van der Waals surface area contributed by atoms with E-state index in [0.29, 0.717) is 19.5 Å². The van der Waals surface area contributed by atoms with Crippen LogP contribution in [0.3, 0.4) is 0 Å². The molecule has 0 unspecified atom stereocenters. The second kappa shape index (κ2) is 6.81. The molecular formula is C13H19N3O3S. The molecule has 0 saturated carbocycles. The summed E-state index contributed by atoms with van der Waals surface area (Å²) in [4.78, 5) is 15.8. The number of rotatable bonds is 5. The zero-order valence-electron chi connectivity index (χ0n) is 11.3. The van der Waals surface area contributed by atoms with Crippen LogP contribution in [0, 0.1) is 0 Å². The summed E-state index contributed by atoms with van der Waals surface area (Å²) >= 11 is 0. The van der Waals surface area contributed by atoms with Crippen molar-refractivity contribution in [2.24, 2.45) is 0 Å². The Labute approximate surface area is 119 Å². The maximum Gasteiger partial charge on any atom is 0.221 e. The van der Waals surface area contributed by atoms with Crippen LogP contribution in [0.2, 0.25) is 0 Å². The Bertz CT molecular complexity index is 545. The molecular weight excluding hydrogens is 278 g/mol. The number of amides is 1. The van der Waals surface area contributed by atoms with Crippen LogP contribution in [-0.2, 0) is 21.4 Å². The number of sulfonamides is 1. The van der Waals surface area contributed by atoms with Gasteiger partial charge in [0.25, 0.3) is 0 Å². The first kappa shape index (κ1) is 14.9. The molecule has 0 aliphatic carbocycles. The Morgan fingerprint density at radius 3 is 2.90 bits per heavy atom. The molecule has 2 heterocycles. The van der Waals surface area contributed by atoms with E-state index in [0.717, 1.165) is 12.1 Å². The highest BCUT2D eigenvalue weighted by Gasteiger charge is 2.25. The second-order valence-electron chi connectivity index (χ2n) is 4.77. The molecule has 1 saturated heterocycles. The lowest BCUT2D eigenvalue weighted by Crippen LogP contribution is -2.40. The summed E-state index contributed by atoms with van der Waals surface area (Å²) in [5, 5.41) is 2.74. The molecule has 0 bridgehead atoms. The Morgan fingerprint density at radius 1 is 1.35 bits per heavy atom. The van der Waals surface area contributed by atoms with E-state index in [1.807, 2.05) is 18.2 Å². The maximum atomic E-state index is 11.8. The lowest BCUT2D eigenvalue weighted by atomic mass is 10.3. The SMILES string of the molecule is O=C(CCN1CCCCS1(=O)=O)NCc1ccccn1. The predicted molar refractivity (Wildman–Crippen MR) is 75.3 cm³/mol. The lowest BCUT2D eigenvalue weighted by Gasteiger charge is -2.25. The van der Waals surface area contributed by atoms with Gasteiger partial charge in [0.2, 0.25) is 15.9 Å². The van der Waals surface area contributed by atoms with Gasteiger partial charge in [0, 0.05) is 25.7 Å². The monoisotopic (exact) mass is 297 g/mol. The van der Waals surface area contributed by atoms with Gasteiger partial charge in [0.15, 0.2) is 0 Å². The smallest absolute Gasteiger partial charge is 0.221 e. The van der Waals surface area contributed by atoms with Crippen molar-refractivity contribution in [3.8, 4) is 0 Å². The van der Waals surface area contributed by atoms with Crippen LogP contribution in [0.5, 0.6) is 0 Å². The molecule has 1 N–H and O–H groups in total. The van der Waals surface area contributed by atoms with Crippen molar-refractivity contribution >= 4 is 15.9 Å². The molecule has 6 nitrogen and oxygen atoms in total. The van der Waals surface area contributed by atoms with E-state index in [1.54, 1.807) is 6.20 Å². The van der Waals surface area contributed by atoms with Gasteiger partial charge in [0.05, 0.1) is 18.0 Å². The van der Waals surface area contributed by atoms with Crippen LogP contribution in [0.1, 0.15) is 25.0 Å². The molecule has 1 aromatic heterocycles. The van der Waals surface area contributed by atoms with E-state index in [9.17, 15) is 13.2 Å². The quantitative estimate of drug-likeness (QED) is 0.859. The number of nitrogens with one attached hydrogen (secondary N) is 1. The minimum atomic E-state index is -3.15. The third kappa shape index (κ3) is 4.28. The van der Waals surface area contributed by atoms with Crippen molar-refractivity contribution in [3.63, 3.8) is 0 Å². The van der Waals surface area contributed by atoms with E-state index in [1.165, 1.54) is 4.31 Å². The zero-order valence-corrected chi connectivity index (χ0v) is 12.1. The fourth-order valence-corrected chi connectivity index (χ4v) is 3.70. The van der Waals surface area contributed by atoms with Crippen molar-refractivity contribution < 1.29 is 13.2 Å². The molecule has 20 heavy (non-hydrogen) atoms. The predicted octanol–water partition coefficient (Wildman–Crippen LogP) is 0.513. The molecule has 7 heteroatoms. The van der Waals surface area contributed by atoms with Crippen molar-refractivity contribution in [1.29, 1.82) is 0 Å². The first-order valence-corrected chi connectivity index (χ1v) is 8.33. The molecule has 1 aliphatic heterocycles. The Hall–Kier alpha value is -1.47. The van der Waals surface area contributed by atoms with Gasteiger partial charge in [0.1, 0.15) is 0 Å². The van der Waals surface area contributed by atoms with Gasteiger partial charge in [-0.15, -0.1) is 0 Å². The van der Waals surface area contributed by atoms with Crippen molar-refractivity contribution in [2.45, 2.75) is 25.8 Å². The Kier molecular flexibility index (Phi) is 5.08. The molecule has 0 spiro atoms. The van der Waals surface area contributed by atoms with Crippen LogP contribution in [-0.4, -0.2) is 42.5 Å². The van der Waals surface area contributed by atoms with Crippen LogP contribution >= 0.6 is 0 Å². The summed E-state index contributed by atoms with van der Waals surface area (Å²) in [6.45, 7) is 1.15. The highest BCUT2D eigenvalue weighted by Crippen LogP contribution is 2.13. The number of pyridine rings is 1. The van der Waals surface area contributed by atoms with Crippen LogP contribution in [0.15, 0.2) is 24.4 Å². The Morgan fingerprint density at radius 2 is 2.20 bits per heavy atom. The van der Waals surface area contributed by atoms with Gasteiger partial charge in [-0.1, -0.05) is 6.07 Å². The first-order valence-electron chi connectivity index (χ1n) is 6.72. The molecule has 1 amide bonds. The van der Waals surface area contributed by atoms with E-state index >= 15 is 0 Å². The summed E-state index contributed by atoms with van der Waals surface area (Å²) in [7, 11) is -3.15. The van der Waals surface area contributed by atoms with Gasteiger partial charge >= 0.3 is 0 Å². The van der Waals surface area contributed by atoms with Gasteiger partial charge in [-0.3, -0.25) is 9.78 Å². The lowest BCUT2D eigenvalue weighted by molar-refractivity contribution is -0.121. The number of hydrogen-bond acceptors (Lipinski definition) is 4. The third-order valence-corrected chi connectivity index (χ3v) is 5.19. The van der Waals surface area contributed by atoms with Gasteiger partial charge in [-0.25, -0.2) is 12.7 Å². The number of nitrogens with zero attached hydrogens (tertiary/aromatic N) is 2. The van der Waals surface area contributed by atoms with Gasteiger partial charge in [-0.2, -0.15) is 0 Å². The molecule has 1 aromatic rings. The van der Waals surface area contributed by atoms with E-state index in [4.69, 9.17) is 0 Å². The maximum absolute atomic E-state index is 11.8. The molecule has 0 atom stereocenters. The van der Waals surface area contributed by atoms with E-state index in [2.05, 4.69) is 10.3 Å². The summed E-state index contributed by atoms with van der Waals surface area (Å²) in [6.07, 6.45) is 3.44. The number of hydrogen-bond donors (Lipinski definition) is 1. The minimum absolute atomic E-state index is 0.156. The fraction of sp³-hybridized carbons (Fsp3) is 0.538. The van der Waals surface area contributed by atoms with Crippen LogP contribution in [0.4, 0.5) is 0 Å². The van der Waals surface area contributed by atoms with E-state index < -0.39 is 10.0 Å². The number of carbonyl (C=O) groups excluding carboxylic acids is 1. The molecule has 1 aliphatic rings. The number of aromatic nitrogens is 1. The summed E-state index contributed by atoms with van der Waals surface area (Å²) in [5.41, 5.74) is 0.784. The van der Waals surface area contributed by atoms with E-state index in [-0.39, 0.29) is 24.6 Å². The minimum Gasteiger partial charge on any atom is -0.350 e. The highest BCUT2D eigenvalue weighted by molar-refractivity contribution is 7.89. The highest BCUT2D eigenvalue weighted by atomic mass is 32.2. The third-order valence-electron chi connectivity index (χ3n) is 3.23. The standard InChI is InChI=1S/C13H19N3O3S/c17-13(15-11-12-5-1-2-7-14-12)6-9-16-8-3-4-10-20(16,18)19/h1-2,5,7H,3-4,6,8-11H2,(H,15,17). The first-order chi connectivity index (χ1) is 9.58. The second-order valence-corrected chi connectivity index (χ2v) is 6.86. The van der Waals surface area contributed by atoms with Crippen LogP contribution < -0.4 is 5.32 Å². The normalized spacial score (nSPS) is 18.6. The average Bonchev–Trinajstić information content (AvgIpc) is 2.44. The van der Waals surface area contributed by atoms with Crippen molar-refractivity contribution in [1.82, 2.24) is 14.6 Å². The largest absolute Gasteiger partial charge is 0.350 e. The topological polar surface area (TPSA) is 79.4 Å². The molecule has 110 valence electrons. The zero-order chi connectivity index (χ0) is 14.4. The molecule has 1 fully saturated rings. The molecule has 0 radical (unpaired) electrons. The molecule has 2 rings (SSSR count). The van der Waals surface area contributed by atoms with Gasteiger partial charge < -0.3 is 5.32 Å². The average molecular weight is 297 g/mol. The van der Waals surface area contributed by atoms with Crippen LogP contribution in [0.25, 0.3) is 0 Å². The summed E-state index contributed by atoms with van der Waals surface area (Å²) < 4.78 is 24.9. The summed E-state index contributed by atoms with van der Waals surface area (Å²) in [6, 6.07) is 5.50. The Balaban J connectivity index is 1.75. The van der Waals surface area contributed by atoms with Gasteiger partial charge in [-0.05, 0) is 25.0 Å². The number of carbonyl (C=O) groups is 1. The van der Waals surface area contributed by atoms with Crippen molar-refractivity contribution in [2.75, 3.05) is 18.8 Å².